The highest BCUT2D eigenvalue weighted by molar-refractivity contribution is 6.02. The van der Waals surface area contributed by atoms with Gasteiger partial charge in [0, 0.05) is 5.69 Å². The van der Waals surface area contributed by atoms with Crippen LogP contribution in [0.25, 0.3) is 0 Å². The Morgan fingerprint density at radius 2 is 1.94 bits per heavy atom. The van der Waals surface area contributed by atoms with Crippen LogP contribution in [0.15, 0.2) is 18.2 Å². The number of carbonyl (C=O) groups excluding carboxylic acids is 2. The normalized spacial score (nSPS) is 11.0. The lowest BCUT2D eigenvalue weighted by atomic mass is 10.0. The van der Waals surface area contributed by atoms with Crippen LogP contribution in [0.3, 0.4) is 0 Å². The molecule has 5 N–H and O–H groups in total. The zero-order valence-corrected chi connectivity index (χ0v) is 9.58. The van der Waals surface area contributed by atoms with Gasteiger partial charge in [0.1, 0.15) is 11.4 Å². The van der Waals surface area contributed by atoms with Crippen molar-refractivity contribution in [2.75, 3.05) is 5.73 Å². The summed E-state index contributed by atoms with van der Waals surface area (Å²) in [5.74, 6) is -1.92. The molecule has 0 saturated heterocycles. The van der Waals surface area contributed by atoms with Gasteiger partial charge in [0.15, 0.2) is 0 Å². The van der Waals surface area contributed by atoms with E-state index in [1.807, 2.05) is 0 Å². The summed E-state index contributed by atoms with van der Waals surface area (Å²) in [6.45, 7) is 2.89. The molecule has 0 radical (unpaired) electrons. The van der Waals surface area contributed by atoms with Crippen molar-refractivity contribution < 1.29 is 14.0 Å². The van der Waals surface area contributed by atoms with E-state index in [4.69, 9.17) is 11.5 Å². The van der Waals surface area contributed by atoms with Crippen LogP contribution in [0.5, 0.6) is 0 Å². The van der Waals surface area contributed by atoms with Crippen molar-refractivity contribution in [2.45, 2.75) is 19.4 Å². The number of nitrogens with one attached hydrogen (secondary N) is 1. The van der Waals surface area contributed by atoms with Gasteiger partial charge in [0.05, 0.1) is 5.56 Å². The first kappa shape index (κ1) is 13.0. The third-order valence-corrected chi connectivity index (χ3v) is 2.30. The maximum absolute atomic E-state index is 13.0. The lowest BCUT2D eigenvalue weighted by molar-refractivity contribution is -0.122. The summed E-state index contributed by atoms with van der Waals surface area (Å²) < 4.78 is 13.0. The number of rotatable bonds is 3. The van der Waals surface area contributed by atoms with E-state index in [9.17, 15) is 14.0 Å². The Morgan fingerprint density at radius 1 is 1.35 bits per heavy atom. The van der Waals surface area contributed by atoms with E-state index in [-0.39, 0.29) is 11.3 Å². The first-order chi connectivity index (χ1) is 7.74. The topological polar surface area (TPSA) is 98.2 Å². The summed E-state index contributed by atoms with van der Waals surface area (Å²) >= 11 is 0. The van der Waals surface area contributed by atoms with Gasteiger partial charge >= 0.3 is 0 Å². The van der Waals surface area contributed by atoms with E-state index in [0.29, 0.717) is 0 Å². The predicted molar refractivity (Wildman–Crippen MR) is 61.6 cm³/mol. The predicted octanol–water partition coefficient (Wildman–Crippen LogP) is 0.402. The third-order valence-electron chi connectivity index (χ3n) is 2.30. The molecule has 1 aromatic rings. The van der Waals surface area contributed by atoms with Gasteiger partial charge in [-0.3, -0.25) is 9.59 Å². The Labute approximate surface area is 98.0 Å². The molecule has 0 aliphatic rings. The molecule has 0 bridgehead atoms. The van der Waals surface area contributed by atoms with Crippen molar-refractivity contribution in [3.05, 3.63) is 29.6 Å². The Hall–Kier alpha value is -2.11. The quantitative estimate of drug-likeness (QED) is 0.666. The molecular formula is C11H14FN3O2. The fourth-order valence-corrected chi connectivity index (χ4v) is 1.14. The lowest BCUT2D eigenvalue weighted by Crippen LogP contribution is -2.53. The minimum atomic E-state index is -1.23. The monoisotopic (exact) mass is 239 g/mol. The summed E-state index contributed by atoms with van der Waals surface area (Å²) in [6.07, 6.45) is 0. The summed E-state index contributed by atoms with van der Waals surface area (Å²) in [5, 5.41) is 2.38. The zero-order valence-electron chi connectivity index (χ0n) is 9.58. The van der Waals surface area contributed by atoms with Crippen molar-refractivity contribution in [3.8, 4) is 0 Å². The van der Waals surface area contributed by atoms with Crippen molar-refractivity contribution >= 4 is 17.5 Å². The largest absolute Gasteiger partial charge is 0.398 e. The van der Waals surface area contributed by atoms with Crippen LogP contribution >= 0.6 is 0 Å². The van der Waals surface area contributed by atoms with Crippen molar-refractivity contribution in [1.29, 1.82) is 0 Å². The van der Waals surface area contributed by atoms with Crippen LogP contribution in [0, 0.1) is 5.82 Å². The summed E-state index contributed by atoms with van der Waals surface area (Å²) in [5.41, 5.74) is 9.52. The van der Waals surface area contributed by atoms with E-state index >= 15 is 0 Å². The van der Waals surface area contributed by atoms with E-state index in [2.05, 4.69) is 5.32 Å². The number of hydrogen-bond acceptors (Lipinski definition) is 3. The van der Waals surface area contributed by atoms with Crippen LogP contribution in [-0.2, 0) is 4.79 Å². The molecule has 0 aliphatic heterocycles. The number of amides is 2. The highest BCUT2D eigenvalue weighted by Crippen LogP contribution is 2.14. The Kier molecular flexibility index (Phi) is 3.36. The van der Waals surface area contributed by atoms with Crippen LogP contribution < -0.4 is 16.8 Å². The Bertz CT molecular complexity index is 472. The average Bonchev–Trinajstić information content (AvgIpc) is 2.20. The van der Waals surface area contributed by atoms with Gasteiger partial charge in [0.2, 0.25) is 5.91 Å². The number of hydrogen-bond donors (Lipinski definition) is 3. The van der Waals surface area contributed by atoms with E-state index in [1.165, 1.54) is 19.9 Å². The number of nitrogen functional groups attached to an aromatic ring is 1. The molecule has 0 saturated carbocycles. The molecule has 92 valence electrons. The first-order valence-corrected chi connectivity index (χ1v) is 4.91. The minimum absolute atomic E-state index is 0.0284. The number of primary amides is 1. The molecule has 1 aromatic carbocycles. The van der Waals surface area contributed by atoms with E-state index in [1.54, 1.807) is 0 Å². The molecule has 0 atom stereocenters. The van der Waals surface area contributed by atoms with E-state index in [0.717, 1.165) is 12.1 Å². The second kappa shape index (κ2) is 4.40. The molecule has 0 heterocycles. The number of carbonyl (C=O) groups is 2. The number of halogens is 1. The molecule has 1 rings (SSSR count). The number of anilines is 1. The maximum atomic E-state index is 13.0. The second-order valence-electron chi connectivity index (χ2n) is 4.17. The van der Waals surface area contributed by atoms with Crippen LogP contribution in [-0.4, -0.2) is 17.4 Å². The standard InChI is InChI=1S/C11H14FN3O2/c1-11(2,10(14)17)15-9(16)7-5-6(12)3-4-8(7)13/h3-5H,13H2,1-2H3,(H2,14,17)(H,15,16). The Balaban J connectivity index is 2.98. The number of nitrogens with two attached hydrogens (primary N) is 2. The summed E-state index contributed by atoms with van der Waals surface area (Å²) in [7, 11) is 0. The highest BCUT2D eigenvalue weighted by atomic mass is 19.1. The van der Waals surface area contributed by atoms with Gasteiger partial charge in [-0.05, 0) is 32.0 Å². The fourth-order valence-electron chi connectivity index (χ4n) is 1.14. The number of benzene rings is 1. The molecule has 0 unspecified atom stereocenters. The van der Waals surface area contributed by atoms with Gasteiger partial charge in [-0.15, -0.1) is 0 Å². The molecule has 0 fully saturated rings. The second-order valence-corrected chi connectivity index (χ2v) is 4.17. The first-order valence-electron chi connectivity index (χ1n) is 4.91. The molecule has 0 aromatic heterocycles. The maximum Gasteiger partial charge on any atom is 0.254 e. The molecule has 2 amide bonds. The van der Waals surface area contributed by atoms with E-state index < -0.39 is 23.2 Å². The van der Waals surface area contributed by atoms with Crippen LogP contribution in [0.4, 0.5) is 10.1 Å². The molecule has 5 nitrogen and oxygen atoms in total. The van der Waals surface area contributed by atoms with Crippen LogP contribution in [0.1, 0.15) is 24.2 Å². The molecule has 6 heteroatoms. The zero-order chi connectivity index (χ0) is 13.2. The highest BCUT2D eigenvalue weighted by Gasteiger charge is 2.28. The molecule has 0 spiro atoms. The molecule has 17 heavy (non-hydrogen) atoms. The molecular weight excluding hydrogens is 225 g/mol. The van der Waals surface area contributed by atoms with Gasteiger partial charge in [-0.1, -0.05) is 0 Å². The smallest absolute Gasteiger partial charge is 0.254 e. The van der Waals surface area contributed by atoms with Gasteiger partial charge in [-0.25, -0.2) is 4.39 Å². The van der Waals surface area contributed by atoms with Gasteiger partial charge in [0.25, 0.3) is 5.91 Å². The average molecular weight is 239 g/mol. The minimum Gasteiger partial charge on any atom is -0.398 e. The van der Waals surface area contributed by atoms with Crippen molar-refractivity contribution in [2.24, 2.45) is 5.73 Å². The Morgan fingerprint density at radius 3 is 2.47 bits per heavy atom. The van der Waals surface area contributed by atoms with Crippen molar-refractivity contribution in [3.63, 3.8) is 0 Å². The third kappa shape index (κ3) is 2.93. The summed E-state index contributed by atoms with van der Waals surface area (Å²) in [6, 6.07) is 3.43. The van der Waals surface area contributed by atoms with Gasteiger partial charge in [-0.2, -0.15) is 0 Å². The SMILES string of the molecule is CC(C)(NC(=O)c1cc(F)ccc1N)C(N)=O. The molecule has 0 aliphatic carbocycles. The van der Waals surface area contributed by atoms with Gasteiger partial charge < -0.3 is 16.8 Å². The fraction of sp³-hybridized carbons (Fsp3) is 0.273. The lowest BCUT2D eigenvalue weighted by Gasteiger charge is -2.22. The summed E-state index contributed by atoms with van der Waals surface area (Å²) in [4.78, 5) is 22.8. The van der Waals surface area contributed by atoms with Crippen LogP contribution in [0.2, 0.25) is 0 Å². The van der Waals surface area contributed by atoms with Crippen molar-refractivity contribution in [1.82, 2.24) is 5.32 Å².